The van der Waals surface area contributed by atoms with Gasteiger partial charge in [0.15, 0.2) is 0 Å². The summed E-state index contributed by atoms with van der Waals surface area (Å²) in [6.45, 7) is 2.69. The Kier molecular flexibility index (Phi) is 5.59. The zero-order chi connectivity index (χ0) is 13.6. The molecule has 5 heteroatoms. The number of nitrogens with two attached hydrogens (primary N) is 1. The molecule has 104 valence electrons. The molecule has 5 nitrogen and oxygen atoms in total. The van der Waals surface area contributed by atoms with Gasteiger partial charge in [0.2, 0.25) is 5.91 Å². The molecule has 1 saturated carbocycles. The van der Waals surface area contributed by atoms with Crippen LogP contribution in [-0.2, 0) is 9.59 Å². The van der Waals surface area contributed by atoms with Crippen LogP contribution in [0, 0.1) is 11.3 Å². The molecule has 0 spiro atoms. The summed E-state index contributed by atoms with van der Waals surface area (Å²) >= 11 is 0. The predicted molar refractivity (Wildman–Crippen MR) is 69.0 cm³/mol. The van der Waals surface area contributed by atoms with Crippen molar-refractivity contribution in [3.63, 3.8) is 0 Å². The van der Waals surface area contributed by atoms with E-state index in [2.05, 4.69) is 5.32 Å². The standard InChI is InChI=1S/C13H24N2O3/c1-10(5-4-8-14)11(16)15-9-13(12(17)18)6-2-3-7-13/h10H,2-9,14H2,1H3,(H,15,16)(H,17,18). The van der Waals surface area contributed by atoms with E-state index in [0.29, 0.717) is 19.4 Å². The molecule has 0 aromatic carbocycles. The van der Waals surface area contributed by atoms with Crippen molar-refractivity contribution in [1.82, 2.24) is 5.32 Å². The average Bonchev–Trinajstić information content (AvgIpc) is 2.83. The number of carbonyl (C=O) groups excluding carboxylic acids is 1. The molecule has 0 heterocycles. The van der Waals surface area contributed by atoms with Crippen molar-refractivity contribution in [2.75, 3.05) is 13.1 Å². The largest absolute Gasteiger partial charge is 0.481 e. The van der Waals surface area contributed by atoms with Crippen LogP contribution >= 0.6 is 0 Å². The summed E-state index contributed by atoms with van der Waals surface area (Å²) in [4.78, 5) is 23.1. The maximum absolute atomic E-state index is 11.8. The molecule has 0 bridgehead atoms. The zero-order valence-electron chi connectivity index (χ0n) is 11.1. The Morgan fingerprint density at radius 2 is 2.00 bits per heavy atom. The number of carbonyl (C=O) groups is 2. The minimum atomic E-state index is -0.782. The lowest BCUT2D eigenvalue weighted by atomic mass is 9.86. The fraction of sp³-hybridized carbons (Fsp3) is 0.846. The van der Waals surface area contributed by atoms with Crippen LogP contribution in [0.4, 0.5) is 0 Å². The van der Waals surface area contributed by atoms with E-state index in [0.717, 1.165) is 25.7 Å². The highest BCUT2D eigenvalue weighted by molar-refractivity contribution is 5.80. The van der Waals surface area contributed by atoms with Gasteiger partial charge in [-0.3, -0.25) is 9.59 Å². The minimum absolute atomic E-state index is 0.0593. The molecular formula is C13H24N2O3. The zero-order valence-corrected chi connectivity index (χ0v) is 11.1. The second kappa shape index (κ2) is 6.73. The smallest absolute Gasteiger partial charge is 0.311 e. The van der Waals surface area contributed by atoms with Gasteiger partial charge < -0.3 is 16.2 Å². The van der Waals surface area contributed by atoms with Crippen molar-refractivity contribution < 1.29 is 14.7 Å². The Balaban J connectivity index is 2.43. The lowest BCUT2D eigenvalue weighted by Gasteiger charge is -2.25. The van der Waals surface area contributed by atoms with Crippen molar-refractivity contribution >= 4 is 11.9 Å². The average molecular weight is 256 g/mol. The number of carboxylic acids is 1. The minimum Gasteiger partial charge on any atom is -0.481 e. The SMILES string of the molecule is CC(CCCN)C(=O)NCC1(C(=O)O)CCCC1. The summed E-state index contributed by atoms with van der Waals surface area (Å²) < 4.78 is 0. The van der Waals surface area contributed by atoms with E-state index in [-0.39, 0.29) is 18.4 Å². The van der Waals surface area contributed by atoms with E-state index < -0.39 is 11.4 Å². The second-order valence-electron chi connectivity index (χ2n) is 5.34. The van der Waals surface area contributed by atoms with E-state index >= 15 is 0 Å². The number of amides is 1. The lowest BCUT2D eigenvalue weighted by molar-refractivity contribution is -0.148. The van der Waals surface area contributed by atoms with Gasteiger partial charge in [0.1, 0.15) is 0 Å². The van der Waals surface area contributed by atoms with E-state index in [1.165, 1.54) is 0 Å². The van der Waals surface area contributed by atoms with Crippen LogP contribution in [0.2, 0.25) is 0 Å². The summed E-state index contributed by atoms with van der Waals surface area (Å²) in [5.74, 6) is -0.938. The molecule has 1 atom stereocenters. The Morgan fingerprint density at radius 3 is 2.50 bits per heavy atom. The van der Waals surface area contributed by atoms with E-state index in [1.807, 2.05) is 6.92 Å². The van der Waals surface area contributed by atoms with Gasteiger partial charge in [-0.05, 0) is 32.2 Å². The first kappa shape index (κ1) is 15.0. The van der Waals surface area contributed by atoms with Crippen molar-refractivity contribution in [3.05, 3.63) is 0 Å². The number of aliphatic carboxylic acids is 1. The van der Waals surface area contributed by atoms with Crippen molar-refractivity contribution in [2.45, 2.75) is 45.4 Å². The first-order valence-corrected chi connectivity index (χ1v) is 6.73. The molecule has 4 N–H and O–H groups in total. The third-order valence-electron chi connectivity index (χ3n) is 3.90. The van der Waals surface area contributed by atoms with Crippen LogP contribution < -0.4 is 11.1 Å². The third kappa shape index (κ3) is 3.70. The van der Waals surface area contributed by atoms with E-state index in [1.54, 1.807) is 0 Å². The molecule has 18 heavy (non-hydrogen) atoms. The summed E-state index contributed by atoms with van der Waals surface area (Å²) in [5, 5.41) is 12.1. The highest BCUT2D eigenvalue weighted by Gasteiger charge is 2.41. The molecular weight excluding hydrogens is 232 g/mol. The maximum atomic E-state index is 11.8. The first-order chi connectivity index (χ1) is 8.52. The number of rotatable bonds is 7. The van der Waals surface area contributed by atoms with Gasteiger partial charge in [0.05, 0.1) is 5.41 Å². The molecule has 1 amide bonds. The van der Waals surface area contributed by atoms with Crippen LogP contribution in [0.15, 0.2) is 0 Å². The fourth-order valence-corrected chi connectivity index (χ4v) is 2.50. The topological polar surface area (TPSA) is 92.4 Å². The first-order valence-electron chi connectivity index (χ1n) is 6.73. The Morgan fingerprint density at radius 1 is 1.39 bits per heavy atom. The van der Waals surface area contributed by atoms with Crippen LogP contribution in [0.5, 0.6) is 0 Å². The van der Waals surface area contributed by atoms with Gasteiger partial charge in [0.25, 0.3) is 0 Å². The monoisotopic (exact) mass is 256 g/mol. The third-order valence-corrected chi connectivity index (χ3v) is 3.90. The quantitative estimate of drug-likeness (QED) is 0.636. The van der Waals surface area contributed by atoms with Crippen molar-refractivity contribution in [1.29, 1.82) is 0 Å². The van der Waals surface area contributed by atoms with E-state index in [4.69, 9.17) is 5.73 Å². The predicted octanol–water partition coefficient (Wildman–Crippen LogP) is 1.12. The second-order valence-corrected chi connectivity index (χ2v) is 5.34. The molecule has 1 rings (SSSR count). The summed E-state index contributed by atoms with van der Waals surface area (Å²) in [7, 11) is 0. The summed E-state index contributed by atoms with van der Waals surface area (Å²) in [6, 6.07) is 0. The van der Waals surface area contributed by atoms with Crippen molar-refractivity contribution in [2.24, 2.45) is 17.1 Å². The van der Waals surface area contributed by atoms with Gasteiger partial charge in [-0.1, -0.05) is 19.8 Å². The molecule has 0 radical (unpaired) electrons. The summed E-state index contributed by atoms with van der Waals surface area (Å²) in [6.07, 6.45) is 4.77. The Labute approximate surface area is 108 Å². The molecule has 0 saturated heterocycles. The summed E-state index contributed by atoms with van der Waals surface area (Å²) in [5.41, 5.74) is 4.67. The van der Waals surface area contributed by atoms with Gasteiger partial charge in [0, 0.05) is 12.5 Å². The normalized spacial score (nSPS) is 19.4. The van der Waals surface area contributed by atoms with Crippen LogP contribution in [-0.4, -0.2) is 30.1 Å². The maximum Gasteiger partial charge on any atom is 0.311 e. The van der Waals surface area contributed by atoms with E-state index in [9.17, 15) is 14.7 Å². The molecule has 1 fully saturated rings. The van der Waals surface area contributed by atoms with Gasteiger partial charge in [-0.15, -0.1) is 0 Å². The van der Waals surface area contributed by atoms with Crippen molar-refractivity contribution in [3.8, 4) is 0 Å². The van der Waals surface area contributed by atoms with Crippen LogP contribution in [0.25, 0.3) is 0 Å². The highest BCUT2D eigenvalue weighted by atomic mass is 16.4. The number of nitrogens with one attached hydrogen (secondary N) is 1. The van der Waals surface area contributed by atoms with Gasteiger partial charge >= 0.3 is 5.97 Å². The molecule has 1 unspecified atom stereocenters. The molecule has 0 aromatic rings. The number of hydrogen-bond acceptors (Lipinski definition) is 3. The highest BCUT2D eigenvalue weighted by Crippen LogP contribution is 2.37. The fourth-order valence-electron chi connectivity index (χ4n) is 2.50. The molecule has 1 aliphatic carbocycles. The molecule has 0 aromatic heterocycles. The lowest BCUT2D eigenvalue weighted by Crippen LogP contribution is -2.42. The number of carboxylic acid groups (broad SMARTS) is 1. The molecule has 0 aliphatic heterocycles. The molecule has 1 aliphatic rings. The van der Waals surface area contributed by atoms with Crippen LogP contribution in [0.3, 0.4) is 0 Å². The van der Waals surface area contributed by atoms with Crippen LogP contribution in [0.1, 0.15) is 45.4 Å². The number of hydrogen-bond donors (Lipinski definition) is 3. The Bertz CT molecular complexity index is 299. The van der Waals surface area contributed by atoms with Gasteiger partial charge in [-0.2, -0.15) is 0 Å². The van der Waals surface area contributed by atoms with Gasteiger partial charge in [-0.25, -0.2) is 0 Å². The Hall–Kier alpha value is -1.10.